The van der Waals surface area contributed by atoms with Crippen LogP contribution in [0, 0.1) is 0 Å². The summed E-state index contributed by atoms with van der Waals surface area (Å²) >= 11 is 0. The van der Waals surface area contributed by atoms with E-state index in [0.717, 1.165) is 0 Å². The Morgan fingerprint density at radius 1 is 1.17 bits per heavy atom. The molecule has 0 saturated heterocycles. The van der Waals surface area contributed by atoms with Crippen LogP contribution in [0.2, 0.25) is 0 Å². The van der Waals surface area contributed by atoms with Crippen LogP contribution in [0.5, 0.6) is 0 Å². The SMILES string of the molecule is Nn1c(C(=O)O)nnc1C(=O)O. The van der Waals surface area contributed by atoms with Crippen molar-refractivity contribution in [3.63, 3.8) is 0 Å². The summed E-state index contributed by atoms with van der Waals surface area (Å²) < 4.78 is 0.394. The maximum atomic E-state index is 10.3. The van der Waals surface area contributed by atoms with Crippen molar-refractivity contribution in [3.8, 4) is 0 Å². The highest BCUT2D eigenvalue weighted by molar-refractivity contribution is 5.88. The lowest BCUT2D eigenvalue weighted by atomic mass is 10.6. The predicted molar refractivity (Wildman–Crippen MR) is 34.1 cm³/mol. The second-order valence-electron chi connectivity index (χ2n) is 1.83. The van der Waals surface area contributed by atoms with E-state index in [-0.39, 0.29) is 0 Å². The third kappa shape index (κ3) is 1.05. The van der Waals surface area contributed by atoms with Gasteiger partial charge in [0.1, 0.15) is 0 Å². The van der Waals surface area contributed by atoms with E-state index >= 15 is 0 Å². The summed E-state index contributed by atoms with van der Waals surface area (Å²) in [6, 6.07) is 0. The quantitative estimate of drug-likeness (QED) is 0.457. The largest absolute Gasteiger partial charge is 0.475 e. The van der Waals surface area contributed by atoms with Crippen molar-refractivity contribution >= 4 is 11.9 Å². The molecule has 0 aliphatic heterocycles. The van der Waals surface area contributed by atoms with Crippen LogP contribution in [-0.4, -0.2) is 37.0 Å². The monoisotopic (exact) mass is 172 g/mol. The lowest BCUT2D eigenvalue weighted by molar-refractivity contribution is 0.0677. The maximum absolute atomic E-state index is 10.3. The first-order chi connectivity index (χ1) is 5.54. The number of nitrogens with two attached hydrogens (primary N) is 1. The Bertz CT molecular complexity index is 311. The molecule has 0 unspecified atom stereocenters. The number of carboxylic acid groups (broad SMARTS) is 2. The van der Waals surface area contributed by atoms with Gasteiger partial charge in [-0.3, -0.25) is 0 Å². The lowest BCUT2D eigenvalue weighted by Gasteiger charge is -1.94. The van der Waals surface area contributed by atoms with Crippen molar-refractivity contribution in [1.29, 1.82) is 0 Å². The van der Waals surface area contributed by atoms with Crippen molar-refractivity contribution in [3.05, 3.63) is 11.6 Å². The minimum Gasteiger partial charge on any atom is -0.475 e. The molecule has 12 heavy (non-hydrogen) atoms. The number of hydrogen-bond donors (Lipinski definition) is 3. The number of hydrogen-bond acceptors (Lipinski definition) is 5. The van der Waals surface area contributed by atoms with Crippen LogP contribution in [0.1, 0.15) is 21.2 Å². The molecule has 0 bridgehead atoms. The minimum absolute atomic E-state index is 0.394. The molecule has 4 N–H and O–H groups in total. The zero-order chi connectivity index (χ0) is 9.30. The van der Waals surface area contributed by atoms with Gasteiger partial charge >= 0.3 is 11.9 Å². The van der Waals surface area contributed by atoms with Crippen molar-refractivity contribution in [2.45, 2.75) is 0 Å². The first kappa shape index (κ1) is 7.98. The molecule has 0 aliphatic carbocycles. The van der Waals surface area contributed by atoms with Crippen LogP contribution >= 0.6 is 0 Å². The van der Waals surface area contributed by atoms with Gasteiger partial charge in [-0.05, 0) is 0 Å². The Hall–Kier alpha value is -2.12. The van der Waals surface area contributed by atoms with Crippen LogP contribution in [0.4, 0.5) is 0 Å². The van der Waals surface area contributed by atoms with E-state index < -0.39 is 23.6 Å². The molecular formula is C4H4N4O4. The molecule has 0 aliphatic rings. The van der Waals surface area contributed by atoms with Gasteiger partial charge in [-0.1, -0.05) is 0 Å². The standard InChI is InChI=1S/C4H4N4O4/c5-8-1(3(9)10)6-7-2(8)4(11)12/h5H2,(H,9,10)(H,11,12). The van der Waals surface area contributed by atoms with Gasteiger partial charge in [-0.25, -0.2) is 14.3 Å². The van der Waals surface area contributed by atoms with Crippen LogP contribution in [0.25, 0.3) is 0 Å². The van der Waals surface area contributed by atoms with Gasteiger partial charge in [0.05, 0.1) is 0 Å². The lowest BCUT2D eigenvalue weighted by Crippen LogP contribution is -2.21. The second-order valence-corrected chi connectivity index (χ2v) is 1.83. The highest BCUT2D eigenvalue weighted by Crippen LogP contribution is 1.95. The molecule has 0 fully saturated rings. The highest BCUT2D eigenvalue weighted by atomic mass is 16.4. The fourth-order valence-electron chi connectivity index (χ4n) is 0.583. The van der Waals surface area contributed by atoms with Crippen molar-refractivity contribution in [2.75, 3.05) is 5.84 Å². The number of rotatable bonds is 2. The summed E-state index contributed by atoms with van der Waals surface area (Å²) in [5, 5.41) is 22.8. The molecule has 1 rings (SSSR count). The number of carboxylic acids is 2. The Labute approximate surface area is 65.2 Å². The molecule has 8 heteroatoms. The zero-order valence-electron chi connectivity index (χ0n) is 5.63. The molecule has 8 nitrogen and oxygen atoms in total. The average molecular weight is 172 g/mol. The van der Waals surface area contributed by atoms with E-state index in [0.29, 0.717) is 4.68 Å². The third-order valence-electron chi connectivity index (χ3n) is 1.08. The minimum atomic E-state index is -1.43. The van der Waals surface area contributed by atoms with Gasteiger partial charge in [0.2, 0.25) is 0 Å². The number of nitrogen functional groups attached to an aromatic ring is 1. The molecular weight excluding hydrogens is 168 g/mol. The van der Waals surface area contributed by atoms with Gasteiger partial charge in [-0.15, -0.1) is 10.2 Å². The number of aromatic carboxylic acids is 2. The van der Waals surface area contributed by atoms with Crippen molar-refractivity contribution in [2.24, 2.45) is 0 Å². The molecule has 0 saturated carbocycles. The second kappa shape index (κ2) is 2.49. The topological polar surface area (TPSA) is 131 Å². The zero-order valence-corrected chi connectivity index (χ0v) is 5.63. The highest BCUT2D eigenvalue weighted by Gasteiger charge is 2.19. The normalized spacial score (nSPS) is 9.67. The third-order valence-corrected chi connectivity index (χ3v) is 1.08. The summed E-state index contributed by atoms with van der Waals surface area (Å²) in [7, 11) is 0. The fourth-order valence-corrected chi connectivity index (χ4v) is 0.583. The van der Waals surface area contributed by atoms with E-state index in [2.05, 4.69) is 10.2 Å². The summed E-state index contributed by atoms with van der Waals surface area (Å²) in [5.74, 6) is 0.933. The molecule has 1 aromatic rings. The van der Waals surface area contributed by atoms with Gasteiger partial charge in [0.25, 0.3) is 11.6 Å². The van der Waals surface area contributed by atoms with E-state index in [9.17, 15) is 9.59 Å². The van der Waals surface area contributed by atoms with E-state index in [1.54, 1.807) is 0 Å². The number of nitrogens with zero attached hydrogens (tertiary/aromatic N) is 3. The summed E-state index contributed by atoms with van der Waals surface area (Å²) in [6.45, 7) is 0. The molecule has 1 heterocycles. The van der Waals surface area contributed by atoms with E-state index in [1.165, 1.54) is 0 Å². The van der Waals surface area contributed by atoms with Crippen LogP contribution < -0.4 is 5.84 Å². The molecule has 64 valence electrons. The van der Waals surface area contributed by atoms with Crippen molar-refractivity contribution in [1.82, 2.24) is 14.9 Å². The first-order valence-electron chi connectivity index (χ1n) is 2.71. The number of carbonyl (C=O) groups is 2. The molecule has 0 aromatic carbocycles. The fraction of sp³-hybridized carbons (Fsp3) is 0. The van der Waals surface area contributed by atoms with E-state index in [4.69, 9.17) is 16.1 Å². The summed E-state index contributed by atoms with van der Waals surface area (Å²) in [5.41, 5.74) is 0. The Morgan fingerprint density at radius 2 is 1.50 bits per heavy atom. The van der Waals surface area contributed by atoms with Crippen molar-refractivity contribution < 1.29 is 19.8 Å². The Morgan fingerprint density at radius 3 is 1.67 bits per heavy atom. The Balaban J connectivity index is 3.22. The molecule has 1 aromatic heterocycles. The maximum Gasteiger partial charge on any atom is 0.375 e. The van der Waals surface area contributed by atoms with Gasteiger partial charge < -0.3 is 16.1 Å². The smallest absolute Gasteiger partial charge is 0.375 e. The van der Waals surface area contributed by atoms with Crippen LogP contribution in [-0.2, 0) is 0 Å². The summed E-state index contributed by atoms with van der Waals surface area (Å²) in [6.07, 6.45) is 0. The van der Waals surface area contributed by atoms with Crippen LogP contribution in [0.15, 0.2) is 0 Å². The molecule has 0 radical (unpaired) electrons. The average Bonchev–Trinajstić information content (AvgIpc) is 2.30. The van der Waals surface area contributed by atoms with Crippen LogP contribution in [0.3, 0.4) is 0 Å². The summed E-state index contributed by atoms with van der Waals surface area (Å²) in [4.78, 5) is 20.5. The molecule has 0 spiro atoms. The molecule has 0 atom stereocenters. The molecule has 0 amide bonds. The first-order valence-corrected chi connectivity index (χ1v) is 2.71. The van der Waals surface area contributed by atoms with Gasteiger partial charge in [0, 0.05) is 0 Å². The predicted octanol–water partition coefficient (Wildman–Crippen LogP) is -1.61. The van der Waals surface area contributed by atoms with E-state index in [1.807, 2.05) is 0 Å². The van der Waals surface area contributed by atoms with Gasteiger partial charge in [-0.2, -0.15) is 0 Å². The number of aromatic nitrogens is 3. The van der Waals surface area contributed by atoms with Gasteiger partial charge in [0.15, 0.2) is 0 Å². The Kier molecular flexibility index (Phi) is 1.66.